The molecule has 0 radical (unpaired) electrons. The van der Waals surface area contributed by atoms with Gasteiger partial charge in [-0.15, -0.1) is 0 Å². The van der Waals surface area contributed by atoms with Crippen LogP contribution in [-0.2, 0) is 6.54 Å². The third kappa shape index (κ3) is 1.80. The van der Waals surface area contributed by atoms with Gasteiger partial charge in [0.2, 0.25) is 0 Å². The average molecular weight is 204 g/mol. The van der Waals surface area contributed by atoms with Gasteiger partial charge in [-0.2, -0.15) is 0 Å². The standard InChI is InChI=1S/C13H20N2/c1-3-7-15-9-12-10(2)5-4-6-11(12)13(15)8-14/h4-6,13H,3,7-9,14H2,1-2H3. The zero-order chi connectivity index (χ0) is 10.8. The van der Waals surface area contributed by atoms with Gasteiger partial charge < -0.3 is 5.73 Å². The molecule has 0 bridgehead atoms. The first-order chi connectivity index (χ1) is 7.27. The van der Waals surface area contributed by atoms with Crippen LogP contribution in [0.15, 0.2) is 18.2 Å². The molecule has 15 heavy (non-hydrogen) atoms. The van der Waals surface area contributed by atoms with Crippen LogP contribution in [0.3, 0.4) is 0 Å². The Balaban J connectivity index is 2.32. The van der Waals surface area contributed by atoms with Gasteiger partial charge in [0.05, 0.1) is 0 Å². The van der Waals surface area contributed by atoms with E-state index in [0.29, 0.717) is 6.04 Å². The summed E-state index contributed by atoms with van der Waals surface area (Å²) < 4.78 is 0. The molecular weight excluding hydrogens is 184 g/mol. The molecular formula is C13H20N2. The lowest BCUT2D eigenvalue weighted by atomic mass is 10.0. The highest BCUT2D eigenvalue weighted by Gasteiger charge is 2.28. The van der Waals surface area contributed by atoms with Crippen LogP contribution < -0.4 is 5.73 Å². The van der Waals surface area contributed by atoms with Crippen molar-refractivity contribution >= 4 is 0 Å². The lowest BCUT2D eigenvalue weighted by molar-refractivity contribution is 0.220. The molecule has 2 heteroatoms. The fourth-order valence-electron chi connectivity index (χ4n) is 2.56. The van der Waals surface area contributed by atoms with E-state index in [1.807, 2.05) is 0 Å². The van der Waals surface area contributed by atoms with Crippen molar-refractivity contribution in [2.24, 2.45) is 5.73 Å². The van der Waals surface area contributed by atoms with Gasteiger partial charge in [0.1, 0.15) is 0 Å². The Morgan fingerprint density at radius 2 is 2.27 bits per heavy atom. The third-order valence-corrected chi connectivity index (χ3v) is 3.34. The Hall–Kier alpha value is -0.860. The van der Waals surface area contributed by atoms with Crippen LogP contribution >= 0.6 is 0 Å². The molecule has 82 valence electrons. The van der Waals surface area contributed by atoms with Gasteiger partial charge in [0.25, 0.3) is 0 Å². The molecule has 1 heterocycles. The largest absolute Gasteiger partial charge is 0.329 e. The molecule has 0 aliphatic carbocycles. The molecule has 0 amide bonds. The van der Waals surface area contributed by atoms with Crippen LogP contribution in [0, 0.1) is 6.92 Å². The molecule has 1 aliphatic heterocycles. The van der Waals surface area contributed by atoms with Crippen LogP contribution in [0.25, 0.3) is 0 Å². The Bertz CT molecular complexity index is 346. The highest BCUT2D eigenvalue weighted by Crippen LogP contribution is 2.34. The number of benzene rings is 1. The van der Waals surface area contributed by atoms with Crippen LogP contribution in [-0.4, -0.2) is 18.0 Å². The SMILES string of the molecule is CCCN1Cc2c(C)cccc2C1CN. The van der Waals surface area contributed by atoms with Gasteiger partial charge in [-0.05, 0) is 36.6 Å². The van der Waals surface area contributed by atoms with Crippen molar-refractivity contribution in [2.75, 3.05) is 13.1 Å². The molecule has 2 N–H and O–H groups in total. The first-order valence-corrected chi connectivity index (χ1v) is 5.80. The Kier molecular flexibility index (Phi) is 3.08. The first-order valence-electron chi connectivity index (χ1n) is 5.80. The van der Waals surface area contributed by atoms with Crippen LogP contribution in [0.4, 0.5) is 0 Å². The quantitative estimate of drug-likeness (QED) is 0.818. The fraction of sp³-hybridized carbons (Fsp3) is 0.538. The number of fused-ring (bicyclic) bond motifs is 1. The summed E-state index contributed by atoms with van der Waals surface area (Å²) >= 11 is 0. The lowest BCUT2D eigenvalue weighted by Gasteiger charge is -2.22. The van der Waals surface area contributed by atoms with E-state index in [-0.39, 0.29) is 0 Å². The minimum Gasteiger partial charge on any atom is -0.329 e. The molecule has 0 aromatic heterocycles. The molecule has 2 nitrogen and oxygen atoms in total. The fourth-order valence-corrected chi connectivity index (χ4v) is 2.56. The predicted octanol–water partition coefficient (Wildman–Crippen LogP) is 2.22. The minimum absolute atomic E-state index is 0.444. The van der Waals surface area contributed by atoms with E-state index < -0.39 is 0 Å². The summed E-state index contributed by atoms with van der Waals surface area (Å²) in [5.74, 6) is 0. The van der Waals surface area contributed by atoms with Crippen molar-refractivity contribution in [3.8, 4) is 0 Å². The van der Waals surface area contributed by atoms with E-state index in [9.17, 15) is 0 Å². The second-order valence-corrected chi connectivity index (χ2v) is 4.36. The smallest absolute Gasteiger partial charge is 0.0477 e. The highest BCUT2D eigenvalue weighted by molar-refractivity contribution is 5.40. The average Bonchev–Trinajstić information content (AvgIpc) is 2.58. The van der Waals surface area contributed by atoms with Gasteiger partial charge in [0, 0.05) is 19.1 Å². The summed E-state index contributed by atoms with van der Waals surface area (Å²) in [6, 6.07) is 7.02. The van der Waals surface area contributed by atoms with Crippen molar-refractivity contribution < 1.29 is 0 Å². The molecule has 1 atom stereocenters. The highest BCUT2D eigenvalue weighted by atomic mass is 15.2. The number of aryl methyl sites for hydroxylation is 1. The molecule has 1 aromatic carbocycles. The van der Waals surface area contributed by atoms with Gasteiger partial charge in [0.15, 0.2) is 0 Å². The van der Waals surface area contributed by atoms with Crippen molar-refractivity contribution in [3.63, 3.8) is 0 Å². The van der Waals surface area contributed by atoms with Crippen molar-refractivity contribution in [2.45, 2.75) is 32.9 Å². The molecule has 0 fully saturated rings. The van der Waals surface area contributed by atoms with E-state index in [1.165, 1.54) is 23.1 Å². The van der Waals surface area contributed by atoms with Gasteiger partial charge in [-0.3, -0.25) is 4.90 Å². The monoisotopic (exact) mass is 204 g/mol. The van der Waals surface area contributed by atoms with Crippen LogP contribution in [0.5, 0.6) is 0 Å². The zero-order valence-corrected chi connectivity index (χ0v) is 9.66. The maximum absolute atomic E-state index is 5.88. The summed E-state index contributed by atoms with van der Waals surface area (Å²) in [5, 5.41) is 0. The van der Waals surface area contributed by atoms with Crippen LogP contribution in [0.2, 0.25) is 0 Å². The van der Waals surface area contributed by atoms with E-state index in [4.69, 9.17) is 5.73 Å². The molecule has 0 saturated carbocycles. The van der Waals surface area contributed by atoms with E-state index in [1.54, 1.807) is 0 Å². The minimum atomic E-state index is 0.444. The summed E-state index contributed by atoms with van der Waals surface area (Å²) in [6.45, 7) is 7.38. The number of hydrogen-bond acceptors (Lipinski definition) is 2. The topological polar surface area (TPSA) is 29.3 Å². The maximum atomic E-state index is 5.88. The second-order valence-electron chi connectivity index (χ2n) is 4.36. The molecule has 0 spiro atoms. The number of rotatable bonds is 3. The van der Waals surface area contributed by atoms with Gasteiger partial charge >= 0.3 is 0 Å². The Labute approximate surface area is 92.1 Å². The Morgan fingerprint density at radius 3 is 2.93 bits per heavy atom. The van der Waals surface area contributed by atoms with E-state index in [0.717, 1.165) is 19.6 Å². The summed E-state index contributed by atoms with van der Waals surface area (Å²) in [7, 11) is 0. The summed E-state index contributed by atoms with van der Waals surface area (Å²) in [4.78, 5) is 2.50. The summed E-state index contributed by atoms with van der Waals surface area (Å²) in [6.07, 6.45) is 1.20. The van der Waals surface area contributed by atoms with Crippen LogP contribution in [0.1, 0.15) is 36.1 Å². The predicted molar refractivity (Wildman–Crippen MR) is 63.7 cm³/mol. The van der Waals surface area contributed by atoms with Crippen molar-refractivity contribution in [1.82, 2.24) is 4.90 Å². The van der Waals surface area contributed by atoms with Gasteiger partial charge in [-0.25, -0.2) is 0 Å². The van der Waals surface area contributed by atoms with Gasteiger partial charge in [-0.1, -0.05) is 25.1 Å². The molecule has 0 saturated heterocycles. The number of nitrogens with zero attached hydrogens (tertiary/aromatic N) is 1. The molecule has 1 unspecified atom stereocenters. The summed E-state index contributed by atoms with van der Waals surface area (Å²) in [5.41, 5.74) is 10.2. The molecule has 2 rings (SSSR count). The maximum Gasteiger partial charge on any atom is 0.0477 e. The van der Waals surface area contributed by atoms with Crippen molar-refractivity contribution in [1.29, 1.82) is 0 Å². The lowest BCUT2D eigenvalue weighted by Crippen LogP contribution is -2.28. The Morgan fingerprint density at radius 1 is 1.47 bits per heavy atom. The number of nitrogens with two attached hydrogens (primary N) is 1. The molecule has 1 aromatic rings. The van der Waals surface area contributed by atoms with E-state index >= 15 is 0 Å². The first kappa shape index (κ1) is 10.7. The second kappa shape index (κ2) is 4.33. The molecule has 1 aliphatic rings. The normalized spacial score (nSPS) is 20.6. The van der Waals surface area contributed by atoms with Crippen molar-refractivity contribution in [3.05, 3.63) is 34.9 Å². The number of hydrogen-bond donors (Lipinski definition) is 1. The third-order valence-electron chi connectivity index (χ3n) is 3.34. The zero-order valence-electron chi connectivity index (χ0n) is 9.66. The van der Waals surface area contributed by atoms with E-state index in [2.05, 4.69) is 36.9 Å².